The van der Waals surface area contributed by atoms with Crippen molar-refractivity contribution in [1.29, 1.82) is 0 Å². The first kappa shape index (κ1) is 28.4. The van der Waals surface area contributed by atoms with E-state index in [4.69, 9.17) is 0 Å². The molecule has 2 rings (SSSR count). The molecule has 2 aromatic carbocycles. The average molecular weight is 502 g/mol. The minimum atomic E-state index is -3.73. The summed E-state index contributed by atoms with van der Waals surface area (Å²) in [7, 11) is -3.73. The van der Waals surface area contributed by atoms with Gasteiger partial charge in [-0.2, -0.15) is 0 Å². The smallest absolute Gasteiger partial charge is 0.244 e. The Morgan fingerprint density at radius 1 is 1.00 bits per heavy atom. The Kier molecular flexibility index (Phi) is 10.8. The molecule has 0 aromatic heterocycles. The van der Waals surface area contributed by atoms with Gasteiger partial charge in [0, 0.05) is 13.1 Å². The molecule has 0 aliphatic rings. The molecule has 2 aromatic rings. The van der Waals surface area contributed by atoms with Gasteiger partial charge in [-0.05, 0) is 55.0 Å². The van der Waals surface area contributed by atoms with Crippen LogP contribution in [0.1, 0.15) is 56.7 Å². The molecule has 2 amide bonds. The van der Waals surface area contributed by atoms with Crippen molar-refractivity contribution in [2.24, 2.45) is 0 Å². The largest absolute Gasteiger partial charge is 0.354 e. The molecule has 8 heteroatoms. The van der Waals surface area contributed by atoms with Gasteiger partial charge in [-0.15, -0.1) is 0 Å². The number of carbonyl (C=O) groups excluding carboxylic acids is 2. The molecule has 0 aliphatic carbocycles. The Morgan fingerprint density at radius 3 is 2.20 bits per heavy atom. The molecule has 0 fully saturated rings. The lowest BCUT2D eigenvalue weighted by Gasteiger charge is -2.33. The molecule has 0 heterocycles. The number of hydrogen-bond acceptors (Lipinski definition) is 4. The van der Waals surface area contributed by atoms with Gasteiger partial charge in [0.25, 0.3) is 0 Å². The molecule has 7 nitrogen and oxygen atoms in total. The SMILES string of the molecule is CCCCNC(=O)C(CC)N(Cc1ccccc1C)C(=O)CN(c1ccc(CC)cc1)S(C)(=O)=O. The minimum Gasteiger partial charge on any atom is -0.354 e. The highest BCUT2D eigenvalue weighted by molar-refractivity contribution is 7.92. The third-order valence-electron chi connectivity index (χ3n) is 6.13. The van der Waals surface area contributed by atoms with Gasteiger partial charge in [-0.25, -0.2) is 8.42 Å². The second-order valence-corrected chi connectivity index (χ2v) is 10.7. The Morgan fingerprint density at radius 2 is 1.66 bits per heavy atom. The zero-order valence-corrected chi connectivity index (χ0v) is 22.4. The van der Waals surface area contributed by atoms with Crippen LogP contribution in [0.5, 0.6) is 0 Å². The average Bonchev–Trinajstić information content (AvgIpc) is 2.83. The van der Waals surface area contributed by atoms with Crippen molar-refractivity contribution in [2.75, 3.05) is 23.7 Å². The van der Waals surface area contributed by atoms with Crippen LogP contribution in [0.3, 0.4) is 0 Å². The van der Waals surface area contributed by atoms with Crippen molar-refractivity contribution in [3.63, 3.8) is 0 Å². The highest BCUT2D eigenvalue weighted by atomic mass is 32.2. The quantitative estimate of drug-likeness (QED) is 0.420. The number of unbranched alkanes of at least 4 members (excludes halogenated alkanes) is 1. The van der Waals surface area contributed by atoms with Crippen LogP contribution in [0.15, 0.2) is 48.5 Å². The van der Waals surface area contributed by atoms with Crippen molar-refractivity contribution >= 4 is 27.5 Å². The van der Waals surface area contributed by atoms with E-state index in [1.165, 1.54) is 4.90 Å². The van der Waals surface area contributed by atoms with Crippen LogP contribution in [0.25, 0.3) is 0 Å². The molecule has 1 unspecified atom stereocenters. The number of amides is 2. The number of nitrogens with zero attached hydrogens (tertiary/aromatic N) is 2. The van der Waals surface area contributed by atoms with Gasteiger partial charge in [-0.3, -0.25) is 13.9 Å². The third kappa shape index (κ3) is 8.09. The lowest BCUT2D eigenvalue weighted by atomic mass is 10.1. The molecule has 1 atom stereocenters. The van der Waals surface area contributed by atoms with Gasteiger partial charge in [0.2, 0.25) is 21.8 Å². The molecule has 0 saturated carbocycles. The molecule has 0 aliphatic heterocycles. The van der Waals surface area contributed by atoms with Crippen molar-refractivity contribution in [2.45, 2.75) is 66.0 Å². The first-order valence-corrected chi connectivity index (χ1v) is 14.1. The summed E-state index contributed by atoms with van der Waals surface area (Å²) in [5.74, 6) is -0.642. The van der Waals surface area contributed by atoms with Crippen LogP contribution in [-0.2, 0) is 32.6 Å². The summed E-state index contributed by atoms with van der Waals surface area (Å²) in [5.41, 5.74) is 3.42. The number of carbonyl (C=O) groups is 2. The van der Waals surface area contributed by atoms with Crippen LogP contribution >= 0.6 is 0 Å². The van der Waals surface area contributed by atoms with Crippen LogP contribution in [0, 0.1) is 6.92 Å². The number of rotatable bonds is 13. The van der Waals surface area contributed by atoms with Crippen LogP contribution in [0.2, 0.25) is 0 Å². The van der Waals surface area contributed by atoms with Gasteiger partial charge in [0.15, 0.2) is 0 Å². The summed E-state index contributed by atoms with van der Waals surface area (Å²) in [6.45, 7) is 8.26. The molecule has 0 spiro atoms. The molecule has 0 saturated heterocycles. The lowest BCUT2D eigenvalue weighted by Crippen LogP contribution is -2.52. The molecule has 1 N–H and O–H groups in total. The van der Waals surface area contributed by atoms with Gasteiger partial charge < -0.3 is 10.2 Å². The predicted octanol–water partition coefficient (Wildman–Crippen LogP) is 4.05. The first-order chi connectivity index (χ1) is 16.6. The lowest BCUT2D eigenvalue weighted by molar-refractivity contribution is -0.140. The number of sulfonamides is 1. The molecular weight excluding hydrogens is 462 g/mol. The number of hydrogen-bond donors (Lipinski definition) is 1. The fourth-order valence-electron chi connectivity index (χ4n) is 3.91. The van der Waals surface area contributed by atoms with Crippen molar-refractivity contribution in [3.05, 3.63) is 65.2 Å². The third-order valence-corrected chi connectivity index (χ3v) is 7.27. The topological polar surface area (TPSA) is 86.8 Å². The predicted molar refractivity (Wildman–Crippen MR) is 142 cm³/mol. The summed E-state index contributed by atoms with van der Waals surface area (Å²) in [6, 6.07) is 14.1. The first-order valence-electron chi connectivity index (χ1n) is 12.3. The zero-order valence-electron chi connectivity index (χ0n) is 21.6. The van der Waals surface area contributed by atoms with E-state index < -0.39 is 22.0 Å². The van der Waals surface area contributed by atoms with E-state index in [1.54, 1.807) is 12.1 Å². The van der Waals surface area contributed by atoms with Gasteiger partial charge >= 0.3 is 0 Å². The van der Waals surface area contributed by atoms with Gasteiger partial charge in [-0.1, -0.05) is 63.6 Å². The van der Waals surface area contributed by atoms with Gasteiger partial charge in [0.1, 0.15) is 12.6 Å². The summed E-state index contributed by atoms with van der Waals surface area (Å²) in [6.07, 6.45) is 4.13. The van der Waals surface area contributed by atoms with Gasteiger partial charge in [0.05, 0.1) is 11.9 Å². The summed E-state index contributed by atoms with van der Waals surface area (Å²) in [4.78, 5) is 28.3. The number of anilines is 1. The molecular formula is C27H39N3O4S. The maximum Gasteiger partial charge on any atom is 0.244 e. The van der Waals surface area contributed by atoms with Crippen molar-refractivity contribution < 1.29 is 18.0 Å². The molecule has 0 bridgehead atoms. The fourth-order valence-corrected chi connectivity index (χ4v) is 4.76. The van der Waals surface area contributed by atoms with E-state index in [2.05, 4.69) is 5.32 Å². The van der Waals surface area contributed by atoms with Crippen LogP contribution < -0.4 is 9.62 Å². The van der Waals surface area contributed by atoms with Crippen LogP contribution in [0.4, 0.5) is 5.69 Å². The number of aryl methyl sites for hydroxylation is 2. The Hall–Kier alpha value is -2.87. The highest BCUT2D eigenvalue weighted by Gasteiger charge is 2.31. The fraction of sp³-hybridized carbons (Fsp3) is 0.481. The maximum atomic E-state index is 13.7. The van der Waals surface area contributed by atoms with Crippen molar-refractivity contribution in [3.8, 4) is 0 Å². The molecule has 192 valence electrons. The summed E-state index contributed by atoms with van der Waals surface area (Å²) in [5, 5.41) is 2.93. The molecule has 35 heavy (non-hydrogen) atoms. The number of benzene rings is 2. The number of nitrogens with one attached hydrogen (secondary N) is 1. The summed E-state index contributed by atoms with van der Waals surface area (Å²) < 4.78 is 26.5. The second-order valence-electron chi connectivity index (χ2n) is 8.81. The van der Waals surface area contributed by atoms with E-state index in [-0.39, 0.29) is 19.0 Å². The normalized spacial score (nSPS) is 12.1. The van der Waals surface area contributed by atoms with E-state index in [0.29, 0.717) is 18.7 Å². The van der Waals surface area contributed by atoms with Crippen molar-refractivity contribution in [1.82, 2.24) is 10.2 Å². The van der Waals surface area contributed by atoms with E-state index >= 15 is 0 Å². The Labute approximate surface area is 210 Å². The Balaban J connectivity index is 2.40. The maximum absolute atomic E-state index is 13.7. The zero-order chi connectivity index (χ0) is 26.0. The molecule has 0 radical (unpaired) electrons. The van der Waals surface area contributed by atoms with E-state index in [9.17, 15) is 18.0 Å². The van der Waals surface area contributed by atoms with Crippen LogP contribution in [-0.4, -0.2) is 50.5 Å². The standard InChI is InChI=1S/C27H39N3O4S/c1-6-9-18-28-27(32)25(8-3)29(19-23-13-11-10-12-21(23)4)26(31)20-30(35(5,33)34)24-16-14-22(7-2)15-17-24/h10-17,25H,6-9,18-20H2,1-5H3,(H,28,32). The second kappa shape index (κ2) is 13.3. The Bertz CT molecular complexity index is 1080. The summed E-state index contributed by atoms with van der Waals surface area (Å²) >= 11 is 0. The minimum absolute atomic E-state index is 0.220. The van der Waals surface area contributed by atoms with E-state index in [1.807, 2.05) is 64.1 Å². The highest BCUT2D eigenvalue weighted by Crippen LogP contribution is 2.21. The van der Waals surface area contributed by atoms with E-state index in [0.717, 1.165) is 46.5 Å². The monoisotopic (exact) mass is 501 g/mol.